The summed E-state index contributed by atoms with van der Waals surface area (Å²) in [6, 6.07) is 2.92. The molecule has 4 nitrogen and oxygen atoms in total. The number of amides is 1. The molecular formula is C10H12F3N3O. The third-order valence-electron chi connectivity index (χ3n) is 2.08. The standard InChI is InChI=1S/C10H12F3N3O/c1-2-16(6-10(11,12)13)9(17)8-7(14)4-3-5-15-8/h3-5H,2,6,14H2,1H3. The number of halogens is 3. The molecule has 1 rings (SSSR count). The van der Waals surface area contributed by atoms with E-state index in [1.807, 2.05) is 0 Å². The van der Waals surface area contributed by atoms with Crippen LogP contribution < -0.4 is 5.73 Å². The normalized spacial score (nSPS) is 11.3. The molecule has 17 heavy (non-hydrogen) atoms. The summed E-state index contributed by atoms with van der Waals surface area (Å²) in [7, 11) is 0. The number of hydrogen-bond donors (Lipinski definition) is 1. The predicted octanol–water partition coefficient (Wildman–Crippen LogP) is 1.69. The van der Waals surface area contributed by atoms with Crippen LogP contribution in [0.3, 0.4) is 0 Å². The molecule has 94 valence electrons. The lowest BCUT2D eigenvalue weighted by atomic mass is 10.2. The van der Waals surface area contributed by atoms with Crippen LogP contribution in [-0.2, 0) is 0 Å². The Hall–Kier alpha value is -1.79. The van der Waals surface area contributed by atoms with E-state index in [2.05, 4.69) is 4.98 Å². The maximum Gasteiger partial charge on any atom is 0.406 e. The van der Waals surface area contributed by atoms with Gasteiger partial charge >= 0.3 is 6.18 Å². The molecule has 0 bridgehead atoms. The van der Waals surface area contributed by atoms with Crippen molar-refractivity contribution in [2.24, 2.45) is 0 Å². The summed E-state index contributed by atoms with van der Waals surface area (Å²) >= 11 is 0. The van der Waals surface area contributed by atoms with E-state index in [9.17, 15) is 18.0 Å². The van der Waals surface area contributed by atoms with Gasteiger partial charge in [0.15, 0.2) is 5.69 Å². The summed E-state index contributed by atoms with van der Waals surface area (Å²) in [6.45, 7) is 0.0927. The number of anilines is 1. The highest BCUT2D eigenvalue weighted by Crippen LogP contribution is 2.18. The average Bonchev–Trinajstić information content (AvgIpc) is 2.24. The van der Waals surface area contributed by atoms with Crippen LogP contribution in [0.2, 0.25) is 0 Å². The van der Waals surface area contributed by atoms with Crippen molar-refractivity contribution in [2.75, 3.05) is 18.8 Å². The second-order valence-electron chi connectivity index (χ2n) is 3.38. The zero-order valence-corrected chi connectivity index (χ0v) is 9.16. The highest BCUT2D eigenvalue weighted by atomic mass is 19.4. The number of carbonyl (C=O) groups is 1. The number of carbonyl (C=O) groups excluding carboxylic acids is 1. The van der Waals surface area contributed by atoms with Gasteiger partial charge in [-0.15, -0.1) is 0 Å². The maximum atomic E-state index is 12.2. The highest BCUT2D eigenvalue weighted by Gasteiger charge is 2.33. The van der Waals surface area contributed by atoms with E-state index in [4.69, 9.17) is 5.73 Å². The van der Waals surface area contributed by atoms with E-state index in [-0.39, 0.29) is 17.9 Å². The molecule has 0 spiro atoms. The molecule has 1 aromatic rings. The largest absolute Gasteiger partial charge is 0.406 e. The summed E-state index contributed by atoms with van der Waals surface area (Å²) in [6.07, 6.45) is -3.12. The Balaban J connectivity index is 2.91. The summed E-state index contributed by atoms with van der Waals surface area (Å²) < 4.78 is 36.7. The van der Waals surface area contributed by atoms with Gasteiger partial charge in [-0.1, -0.05) is 0 Å². The number of pyridine rings is 1. The lowest BCUT2D eigenvalue weighted by Crippen LogP contribution is -2.39. The van der Waals surface area contributed by atoms with E-state index in [0.717, 1.165) is 0 Å². The summed E-state index contributed by atoms with van der Waals surface area (Å²) in [5.74, 6) is -0.817. The van der Waals surface area contributed by atoms with Gasteiger partial charge in [-0.25, -0.2) is 4.98 Å². The second-order valence-corrected chi connectivity index (χ2v) is 3.38. The summed E-state index contributed by atoms with van der Waals surface area (Å²) in [5, 5.41) is 0. The van der Waals surface area contributed by atoms with Crippen LogP contribution in [-0.4, -0.2) is 35.1 Å². The molecule has 0 saturated heterocycles. The zero-order chi connectivity index (χ0) is 13.1. The van der Waals surface area contributed by atoms with Gasteiger partial charge in [0.05, 0.1) is 5.69 Å². The first-order valence-corrected chi connectivity index (χ1v) is 4.91. The van der Waals surface area contributed by atoms with E-state index in [0.29, 0.717) is 4.90 Å². The minimum atomic E-state index is -4.44. The Morgan fingerprint density at radius 1 is 1.53 bits per heavy atom. The van der Waals surface area contributed by atoms with Crippen LogP contribution in [0.15, 0.2) is 18.3 Å². The van der Waals surface area contributed by atoms with Crippen LogP contribution in [0, 0.1) is 0 Å². The van der Waals surface area contributed by atoms with Gasteiger partial charge in [0.25, 0.3) is 5.91 Å². The number of nitrogen functional groups attached to an aromatic ring is 1. The van der Waals surface area contributed by atoms with Gasteiger partial charge in [0.1, 0.15) is 6.54 Å². The van der Waals surface area contributed by atoms with Crippen molar-refractivity contribution in [2.45, 2.75) is 13.1 Å². The van der Waals surface area contributed by atoms with Crippen LogP contribution in [0.5, 0.6) is 0 Å². The van der Waals surface area contributed by atoms with Crippen molar-refractivity contribution >= 4 is 11.6 Å². The van der Waals surface area contributed by atoms with Gasteiger partial charge in [0.2, 0.25) is 0 Å². The monoisotopic (exact) mass is 247 g/mol. The molecule has 0 aliphatic carbocycles. The maximum absolute atomic E-state index is 12.2. The van der Waals surface area contributed by atoms with E-state index in [1.165, 1.54) is 25.3 Å². The second kappa shape index (κ2) is 5.03. The smallest absolute Gasteiger partial charge is 0.397 e. The molecular weight excluding hydrogens is 235 g/mol. The van der Waals surface area contributed by atoms with Crippen LogP contribution in [0.25, 0.3) is 0 Å². The molecule has 1 amide bonds. The average molecular weight is 247 g/mol. The Labute approximate surface area is 96.2 Å². The summed E-state index contributed by atoms with van der Waals surface area (Å²) in [4.78, 5) is 16.1. The van der Waals surface area contributed by atoms with Gasteiger partial charge in [0, 0.05) is 12.7 Å². The van der Waals surface area contributed by atoms with Crippen molar-refractivity contribution in [3.05, 3.63) is 24.0 Å². The predicted molar refractivity (Wildman–Crippen MR) is 56.3 cm³/mol. The van der Waals surface area contributed by atoms with E-state index in [1.54, 1.807) is 0 Å². The van der Waals surface area contributed by atoms with Crippen LogP contribution >= 0.6 is 0 Å². The molecule has 0 atom stereocenters. The molecule has 0 fully saturated rings. The number of rotatable bonds is 3. The van der Waals surface area contributed by atoms with Gasteiger partial charge < -0.3 is 10.6 Å². The number of hydrogen-bond acceptors (Lipinski definition) is 3. The fourth-order valence-corrected chi connectivity index (χ4v) is 1.29. The minimum absolute atomic E-state index is 0.0612. The van der Waals surface area contributed by atoms with Gasteiger partial charge in [-0.3, -0.25) is 4.79 Å². The first kappa shape index (κ1) is 13.3. The Kier molecular flexibility index (Phi) is 3.93. The van der Waals surface area contributed by atoms with Crippen molar-refractivity contribution in [3.63, 3.8) is 0 Å². The van der Waals surface area contributed by atoms with Crippen LogP contribution in [0.1, 0.15) is 17.4 Å². The minimum Gasteiger partial charge on any atom is -0.397 e. The van der Waals surface area contributed by atoms with Crippen molar-refractivity contribution in [1.29, 1.82) is 0 Å². The third-order valence-corrected chi connectivity index (χ3v) is 2.08. The molecule has 0 radical (unpaired) electrons. The molecule has 0 unspecified atom stereocenters. The van der Waals surface area contributed by atoms with Crippen molar-refractivity contribution in [3.8, 4) is 0 Å². The Morgan fingerprint density at radius 3 is 2.65 bits per heavy atom. The number of alkyl halides is 3. The summed E-state index contributed by atoms with van der Waals surface area (Å²) in [5.41, 5.74) is 5.40. The molecule has 0 aromatic carbocycles. The molecule has 0 aliphatic heterocycles. The molecule has 1 heterocycles. The van der Waals surface area contributed by atoms with E-state index < -0.39 is 18.6 Å². The van der Waals surface area contributed by atoms with Crippen molar-refractivity contribution < 1.29 is 18.0 Å². The highest BCUT2D eigenvalue weighted by molar-refractivity contribution is 5.97. The topological polar surface area (TPSA) is 59.2 Å². The van der Waals surface area contributed by atoms with Gasteiger partial charge in [-0.05, 0) is 19.1 Å². The van der Waals surface area contributed by atoms with Gasteiger partial charge in [-0.2, -0.15) is 13.2 Å². The number of nitrogens with two attached hydrogens (primary N) is 1. The first-order valence-electron chi connectivity index (χ1n) is 4.91. The molecule has 2 N–H and O–H groups in total. The molecule has 1 aromatic heterocycles. The fraction of sp³-hybridized carbons (Fsp3) is 0.400. The molecule has 0 saturated carbocycles. The van der Waals surface area contributed by atoms with Crippen LogP contribution in [0.4, 0.5) is 18.9 Å². The molecule has 0 aliphatic rings. The first-order chi connectivity index (χ1) is 7.85. The lowest BCUT2D eigenvalue weighted by Gasteiger charge is -2.22. The zero-order valence-electron chi connectivity index (χ0n) is 9.16. The van der Waals surface area contributed by atoms with E-state index >= 15 is 0 Å². The molecule has 7 heteroatoms. The van der Waals surface area contributed by atoms with Crippen molar-refractivity contribution in [1.82, 2.24) is 9.88 Å². The SMILES string of the molecule is CCN(CC(F)(F)F)C(=O)c1ncccc1N. The number of aromatic nitrogens is 1. The third kappa shape index (κ3) is 3.61. The Morgan fingerprint density at radius 2 is 2.18 bits per heavy atom. The Bertz CT molecular complexity index is 406. The lowest BCUT2D eigenvalue weighted by molar-refractivity contribution is -0.140. The quantitative estimate of drug-likeness (QED) is 0.884. The number of nitrogens with zero attached hydrogens (tertiary/aromatic N) is 2. The fourth-order valence-electron chi connectivity index (χ4n) is 1.29.